The summed E-state index contributed by atoms with van der Waals surface area (Å²) in [5, 5.41) is 1.26. The number of rotatable bonds is 2. The molecule has 0 aliphatic rings. The molecule has 0 N–H and O–H groups in total. The van der Waals surface area contributed by atoms with Crippen LogP contribution in [0.25, 0.3) is 0 Å². The Hall–Kier alpha value is -1.77. The molecule has 0 unspecified atom stereocenters. The van der Waals surface area contributed by atoms with Gasteiger partial charge >= 0.3 is 12.4 Å². The second kappa shape index (κ2) is 4.97. The number of aromatic nitrogens is 1. The van der Waals surface area contributed by atoms with Crippen LogP contribution >= 0.6 is 11.3 Å². The van der Waals surface area contributed by atoms with Gasteiger partial charge < -0.3 is 4.74 Å². The Morgan fingerprint density at radius 2 is 1.70 bits per heavy atom. The fraction of sp³-hybridized carbons (Fsp3) is 0.182. The van der Waals surface area contributed by atoms with Gasteiger partial charge in [-0.1, -0.05) is 11.3 Å². The summed E-state index contributed by atoms with van der Waals surface area (Å²) in [5.74, 6) is -0.928. The lowest BCUT2D eigenvalue weighted by molar-refractivity contribution is -0.142. The van der Waals surface area contributed by atoms with Crippen molar-refractivity contribution in [2.45, 2.75) is 12.4 Å². The molecule has 0 atom stereocenters. The molecule has 0 saturated carbocycles. The minimum atomic E-state index is -4.82. The van der Waals surface area contributed by atoms with E-state index in [1.165, 1.54) is 11.6 Å². The van der Waals surface area contributed by atoms with E-state index in [4.69, 9.17) is 4.74 Å². The van der Waals surface area contributed by atoms with E-state index in [9.17, 15) is 26.3 Å². The van der Waals surface area contributed by atoms with Crippen LogP contribution in [0.1, 0.15) is 11.1 Å². The van der Waals surface area contributed by atoms with E-state index < -0.39 is 29.2 Å². The van der Waals surface area contributed by atoms with Crippen LogP contribution in [0.5, 0.6) is 10.9 Å². The molecule has 1 aromatic carbocycles. The summed E-state index contributed by atoms with van der Waals surface area (Å²) in [5.41, 5.74) is -2.52. The minimum Gasteiger partial charge on any atom is -0.430 e. The number of alkyl halides is 6. The quantitative estimate of drug-likeness (QED) is 0.730. The van der Waals surface area contributed by atoms with Crippen molar-refractivity contribution >= 4 is 11.3 Å². The molecule has 0 aliphatic carbocycles. The number of ether oxygens (including phenoxy) is 1. The van der Waals surface area contributed by atoms with E-state index in [2.05, 4.69) is 4.98 Å². The summed E-state index contributed by atoms with van der Waals surface area (Å²) in [7, 11) is 0. The molecule has 20 heavy (non-hydrogen) atoms. The van der Waals surface area contributed by atoms with Gasteiger partial charge in [-0.25, -0.2) is 4.98 Å². The molecule has 0 radical (unpaired) electrons. The van der Waals surface area contributed by atoms with Gasteiger partial charge in [-0.2, -0.15) is 26.3 Å². The molecule has 0 amide bonds. The predicted octanol–water partition coefficient (Wildman–Crippen LogP) is 4.97. The third kappa shape index (κ3) is 3.21. The molecule has 9 heteroatoms. The first kappa shape index (κ1) is 14.6. The van der Waals surface area contributed by atoms with Gasteiger partial charge in [-0.15, -0.1) is 0 Å². The van der Waals surface area contributed by atoms with E-state index >= 15 is 0 Å². The zero-order valence-corrected chi connectivity index (χ0v) is 10.2. The van der Waals surface area contributed by atoms with Crippen LogP contribution in [0, 0.1) is 0 Å². The van der Waals surface area contributed by atoms with Crippen molar-refractivity contribution in [3.63, 3.8) is 0 Å². The highest BCUT2D eigenvalue weighted by Crippen LogP contribution is 2.41. The molecule has 1 heterocycles. The van der Waals surface area contributed by atoms with Crippen molar-refractivity contribution in [3.05, 3.63) is 40.9 Å². The van der Waals surface area contributed by atoms with Gasteiger partial charge in [0.15, 0.2) is 0 Å². The predicted molar refractivity (Wildman–Crippen MR) is 58.6 cm³/mol. The summed E-state index contributed by atoms with van der Waals surface area (Å²) in [6, 6.07) is 1.01. The summed E-state index contributed by atoms with van der Waals surface area (Å²) in [6.07, 6.45) is -8.32. The van der Waals surface area contributed by atoms with Crippen LogP contribution < -0.4 is 4.74 Å². The van der Waals surface area contributed by atoms with Crippen molar-refractivity contribution < 1.29 is 31.1 Å². The van der Waals surface area contributed by atoms with Crippen molar-refractivity contribution in [3.8, 4) is 10.9 Å². The molecule has 0 saturated heterocycles. The van der Waals surface area contributed by atoms with Crippen LogP contribution in [0.15, 0.2) is 29.8 Å². The first-order valence-electron chi connectivity index (χ1n) is 5.04. The standard InChI is InChI=1S/C11H5F6NOS/c12-10(13,14)6-1-2-7(11(15,16)17)8(5-6)19-9-18-3-4-20-9/h1-5H. The zero-order chi connectivity index (χ0) is 15.0. The number of hydrogen-bond donors (Lipinski definition) is 0. The highest BCUT2D eigenvalue weighted by atomic mass is 32.1. The maximum atomic E-state index is 12.7. The molecule has 0 fully saturated rings. The van der Waals surface area contributed by atoms with Gasteiger partial charge in [0, 0.05) is 11.6 Å². The van der Waals surface area contributed by atoms with E-state index in [1.807, 2.05) is 0 Å². The fourth-order valence-electron chi connectivity index (χ4n) is 1.37. The number of thiazole rings is 1. The highest BCUT2D eigenvalue weighted by molar-refractivity contribution is 7.11. The molecule has 2 rings (SSSR count). The minimum absolute atomic E-state index is 0.171. The zero-order valence-electron chi connectivity index (χ0n) is 9.42. The molecule has 0 aliphatic heterocycles. The van der Waals surface area contributed by atoms with E-state index in [0.29, 0.717) is 18.2 Å². The van der Waals surface area contributed by atoms with Gasteiger partial charge in [-0.05, 0) is 18.2 Å². The van der Waals surface area contributed by atoms with Gasteiger partial charge in [0.1, 0.15) is 5.75 Å². The second-order valence-corrected chi connectivity index (χ2v) is 4.46. The van der Waals surface area contributed by atoms with Crippen LogP contribution in [0.3, 0.4) is 0 Å². The van der Waals surface area contributed by atoms with Crippen molar-refractivity contribution in [2.75, 3.05) is 0 Å². The molecule has 108 valence electrons. The maximum Gasteiger partial charge on any atom is 0.419 e. The lowest BCUT2D eigenvalue weighted by Crippen LogP contribution is -2.10. The van der Waals surface area contributed by atoms with Crippen LogP contribution in [0.4, 0.5) is 26.3 Å². The molecule has 2 nitrogen and oxygen atoms in total. The molecule has 0 bridgehead atoms. The molecule has 1 aromatic heterocycles. The molecule has 2 aromatic rings. The van der Waals surface area contributed by atoms with Crippen molar-refractivity contribution in [1.82, 2.24) is 4.98 Å². The average molecular weight is 313 g/mol. The summed E-state index contributed by atoms with van der Waals surface area (Å²) < 4.78 is 80.6. The van der Waals surface area contributed by atoms with Crippen molar-refractivity contribution in [2.24, 2.45) is 0 Å². The van der Waals surface area contributed by atoms with Crippen LogP contribution in [0.2, 0.25) is 0 Å². The Morgan fingerprint density at radius 3 is 2.20 bits per heavy atom. The Kier molecular flexibility index (Phi) is 3.63. The molecular formula is C11H5F6NOS. The summed E-state index contributed by atoms with van der Waals surface area (Å²) in [6.45, 7) is 0. The third-order valence-electron chi connectivity index (χ3n) is 2.22. The van der Waals surface area contributed by atoms with Gasteiger partial charge in [0.25, 0.3) is 5.19 Å². The first-order chi connectivity index (χ1) is 9.18. The number of benzene rings is 1. The summed E-state index contributed by atoms with van der Waals surface area (Å²) in [4.78, 5) is 3.57. The average Bonchev–Trinajstić information content (AvgIpc) is 2.79. The largest absolute Gasteiger partial charge is 0.430 e. The molecule has 0 spiro atoms. The van der Waals surface area contributed by atoms with E-state index in [0.717, 1.165) is 11.3 Å². The van der Waals surface area contributed by atoms with E-state index in [1.54, 1.807) is 0 Å². The third-order valence-corrected chi connectivity index (χ3v) is 2.87. The van der Waals surface area contributed by atoms with Crippen molar-refractivity contribution in [1.29, 1.82) is 0 Å². The molecular weight excluding hydrogens is 308 g/mol. The fourth-order valence-corrected chi connectivity index (χ4v) is 1.87. The number of nitrogens with zero attached hydrogens (tertiary/aromatic N) is 1. The monoisotopic (exact) mass is 313 g/mol. The number of halogens is 6. The second-order valence-electron chi connectivity index (χ2n) is 3.61. The topological polar surface area (TPSA) is 22.1 Å². The lowest BCUT2D eigenvalue weighted by Gasteiger charge is -2.15. The Morgan fingerprint density at radius 1 is 1.00 bits per heavy atom. The summed E-state index contributed by atoms with van der Waals surface area (Å²) >= 11 is 0.869. The van der Waals surface area contributed by atoms with Crippen LogP contribution in [-0.2, 0) is 12.4 Å². The van der Waals surface area contributed by atoms with Crippen LogP contribution in [-0.4, -0.2) is 4.98 Å². The van der Waals surface area contributed by atoms with Gasteiger partial charge in [0.2, 0.25) is 0 Å². The number of hydrogen-bond acceptors (Lipinski definition) is 3. The highest BCUT2D eigenvalue weighted by Gasteiger charge is 2.38. The Labute approximate surface area is 112 Å². The normalized spacial score (nSPS) is 12.5. The lowest BCUT2D eigenvalue weighted by atomic mass is 10.1. The first-order valence-corrected chi connectivity index (χ1v) is 5.91. The maximum absolute atomic E-state index is 12.7. The van der Waals surface area contributed by atoms with Gasteiger partial charge in [0.05, 0.1) is 11.1 Å². The Balaban J connectivity index is 2.48. The van der Waals surface area contributed by atoms with Gasteiger partial charge in [-0.3, -0.25) is 0 Å². The SMILES string of the molecule is FC(F)(F)c1ccc(C(F)(F)F)c(Oc2nccs2)c1. The van der Waals surface area contributed by atoms with E-state index in [-0.39, 0.29) is 5.19 Å². The smallest absolute Gasteiger partial charge is 0.419 e. The Bertz CT molecular complexity index is 590.